The Bertz CT molecular complexity index is 1360. The summed E-state index contributed by atoms with van der Waals surface area (Å²) in [7, 11) is 3.17. The quantitative estimate of drug-likeness (QED) is 0.383. The van der Waals surface area contributed by atoms with Crippen molar-refractivity contribution >= 4 is 18.0 Å². The van der Waals surface area contributed by atoms with E-state index in [0.717, 1.165) is 22.3 Å². The van der Waals surface area contributed by atoms with Gasteiger partial charge in [-0.2, -0.15) is 0 Å². The van der Waals surface area contributed by atoms with E-state index in [4.69, 9.17) is 14.2 Å². The zero-order valence-electron chi connectivity index (χ0n) is 22.5. The molecule has 0 saturated heterocycles. The SMILES string of the molecule is CCOC(=O)C1=Cc2cc(-c3ccnc(C(=O)NCc4ccc(OC)cc4OC)c3)ccc2C(C)C(C)C1. The lowest BCUT2D eigenvalue weighted by atomic mass is 9.85. The predicted molar refractivity (Wildman–Crippen MR) is 147 cm³/mol. The highest BCUT2D eigenvalue weighted by molar-refractivity contribution is 5.95. The lowest BCUT2D eigenvalue weighted by Gasteiger charge is -2.20. The number of nitrogens with one attached hydrogen (secondary N) is 1. The van der Waals surface area contributed by atoms with Gasteiger partial charge in [-0.1, -0.05) is 26.0 Å². The molecule has 0 fully saturated rings. The Hall–Kier alpha value is -4.13. The third-order valence-corrected chi connectivity index (χ3v) is 7.10. The molecule has 1 N–H and O–H groups in total. The first-order chi connectivity index (χ1) is 18.3. The Morgan fingerprint density at radius 1 is 1.00 bits per heavy atom. The van der Waals surface area contributed by atoms with Crippen molar-refractivity contribution in [3.63, 3.8) is 0 Å². The van der Waals surface area contributed by atoms with Crippen molar-refractivity contribution in [1.29, 1.82) is 0 Å². The van der Waals surface area contributed by atoms with Crippen molar-refractivity contribution in [2.45, 2.75) is 39.7 Å². The minimum absolute atomic E-state index is 0.263. The molecule has 0 bridgehead atoms. The first-order valence-electron chi connectivity index (χ1n) is 12.8. The summed E-state index contributed by atoms with van der Waals surface area (Å²) in [6.07, 6.45) is 4.25. The third kappa shape index (κ3) is 5.88. The first kappa shape index (κ1) is 26.9. The van der Waals surface area contributed by atoms with Crippen LogP contribution in [0.5, 0.6) is 11.5 Å². The van der Waals surface area contributed by atoms with Crippen LogP contribution in [-0.2, 0) is 16.1 Å². The topological polar surface area (TPSA) is 86.8 Å². The standard InChI is InChI=1S/C31H34N2O5/c1-6-38-31(35)25-13-19(2)20(3)27-10-8-21(14-24(27)15-25)22-11-12-32-28(16-22)30(34)33-18-23-7-9-26(36-4)17-29(23)37-5/h7-12,14-17,19-20H,6,13,18H2,1-5H3,(H,33,34). The minimum atomic E-state index is -0.286. The molecule has 2 aromatic carbocycles. The van der Waals surface area contributed by atoms with Crippen molar-refractivity contribution in [2.24, 2.45) is 5.92 Å². The second-order valence-corrected chi connectivity index (χ2v) is 9.49. The maximum atomic E-state index is 13.0. The lowest BCUT2D eigenvalue weighted by Crippen LogP contribution is -2.24. The highest BCUT2D eigenvalue weighted by atomic mass is 16.5. The largest absolute Gasteiger partial charge is 0.497 e. The number of hydrogen-bond acceptors (Lipinski definition) is 6. The van der Waals surface area contributed by atoms with E-state index in [-0.39, 0.29) is 24.3 Å². The van der Waals surface area contributed by atoms with Crippen molar-refractivity contribution in [3.8, 4) is 22.6 Å². The van der Waals surface area contributed by atoms with E-state index in [1.807, 2.05) is 31.2 Å². The molecule has 1 aliphatic carbocycles. The molecule has 0 spiro atoms. The molecule has 7 heteroatoms. The molecule has 1 aliphatic rings. The van der Waals surface area contributed by atoms with Crippen molar-refractivity contribution < 1.29 is 23.8 Å². The van der Waals surface area contributed by atoms with Gasteiger partial charge in [0.25, 0.3) is 5.91 Å². The summed E-state index contributed by atoms with van der Waals surface area (Å²) in [6, 6.07) is 15.4. The Labute approximate surface area is 223 Å². The lowest BCUT2D eigenvalue weighted by molar-refractivity contribution is -0.138. The number of hydrogen-bond donors (Lipinski definition) is 1. The van der Waals surface area contributed by atoms with Crippen molar-refractivity contribution in [1.82, 2.24) is 10.3 Å². The number of benzene rings is 2. The Morgan fingerprint density at radius 2 is 1.79 bits per heavy atom. The summed E-state index contributed by atoms with van der Waals surface area (Å²) in [6.45, 7) is 6.81. The number of esters is 1. The van der Waals surface area contributed by atoms with Gasteiger partial charge in [0.05, 0.1) is 20.8 Å². The van der Waals surface area contributed by atoms with Crippen LogP contribution in [0.1, 0.15) is 60.3 Å². The molecular weight excluding hydrogens is 480 g/mol. The summed E-state index contributed by atoms with van der Waals surface area (Å²) in [5.74, 6) is 1.36. The fraction of sp³-hybridized carbons (Fsp3) is 0.323. The average molecular weight is 515 g/mol. The monoisotopic (exact) mass is 514 g/mol. The molecule has 2 unspecified atom stereocenters. The molecule has 4 rings (SSSR count). The van der Waals surface area contributed by atoms with Gasteiger partial charge >= 0.3 is 5.97 Å². The molecule has 0 saturated carbocycles. The number of pyridine rings is 1. The molecule has 1 aromatic heterocycles. The van der Waals surface area contributed by atoms with Crippen LogP contribution in [0.25, 0.3) is 17.2 Å². The number of carbonyl (C=O) groups excluding carboxylic acids is 2. The Morgan fingerprint density at radius 3 is 2.53 bits per heavy atom. The summed E-state index contributed by atoms with van der Waals surface area (Å²) >= 11 is 0. The number of methoxy groups -OCH3 is 2. The smallest absolute Gasteiger partial charge is 0.334 e. The number of carbonyl (C=O) groups is 2. The highest BCUT2D eigenvalue weighted by Gasteiger charge is 2.25. The minimum Gasteiger partial charge on any atom is -0.497 e. The maximum absolute atomic E-state index is 13.0. The fourth-order valence-electron chi connectivity index (χ4n) is 4.74. The number of amides is 1. The molecule has 0 aliphatic heterocycles. The molecule has 3 aromatic rings. The Kier molecular flexibility index (Phi) is 8.46. The number of rotatable bonds is 8. The van der Waals surface area contributed by atoms with E-state index in [2.05, 4.69) is 42.3 Å². The van der Waals surface area contributed by atoms with Gasteiger partial charge in [-0.25, -0.2) is 4.79 Å². The number of nitrogens with zero attached hydrogens (tertiary/aromatic N) is 1. The van der Waals surface area contributed by atoms with Crippen LogP contribution in [-0.4, -0.2) is 37.7 Å². The molecule has 0 radical (unpaired) electrons. The summed E-state index contributed by atoms with van der Waals surface area (Å²) in [5, 5.41) is 2.92. The van der Waals surface area contributed by atoms with Crippen molar-refractivity contribution in [2.75, 3.05) is 20.8 Å². The van der Waals surface area contributed by atoms with Crippen LogP contribution in [0.15, 0.2) is 60.3 Å². The van der Waals surface area contributed by atoms with E-state index in [0.29, 0.717) is 41.7 Å². The average Bonchev–Trinajstić information content (AvgIpc) is 3.07. The second kappa shape index (κ2) is 11.9. The summed E-state index contributed by atoms with van der Waals surface area (Å²) in [4.78, 5) is 29.8. The van der Waals surface area contributed by atoms with Gasteiger partial charge in [-0.3, -0.25) is 9.78 Å². The Balaban J connectivity index is 1.58. The van der Waals surface area contributed by atoms with Crippen LogP contribution in [0, 0.1) is 5.92 Å². The van der Waals surface area contributed by atoms with Gasteiger partial charge in [0.2, 0.25) is 0 Å². The zero-order chi connectivity index (χ0) is 27.2. The second-order valence-electron chi connectivity index (χ2n) is 9.49. The zero-order valence-corrected chi connectivity index (χ0v) is 22.5. The van der Waals surface area contributed by atoms with E-state index >= 15 is 0 Å². The van der Waals surface area contributed by atoms with Crippen LogP contribution in [0.3, 0.4) is 0 Å². The normalized spacial score (nSPS) is 16.5. The molecule has 38 heavy (non-hydrogen) atoms. The highest BCUT2D eigenvalue weighted by Crippen LogP contribution is 2.38. The van der Waals surface area contributed by atoms with Gasteiger partial charge in [0.15, 0.2) is 0 Å². The molecule has 198 valence electrons. The molecule has 2 atom stereocenters. The predicted octanol–water partition coefficient (Wildman–Crippen LogP) is 5.79. The molecule has 1 heterocycles. The van der Waals surface area contributed by atoms with E-state index in [1.54, 1.807) is 32.5 Å². The first-order valence-corrected chi connectivity index (χ1v) is 12.8. The van der Waals surface area contributed by atoms with Crippen molar-refractivity contribution in [3.05, 3.63) is 82.7 Å². The number of aromatic nitrogens is 1. The van der Waals surface area contributed by atoms with Gasteiger partial charge in [-0.05, 0) is 83.8 Å². The van der Waals surface area contributed by atoms with Crippen LogP contribution < -0.4 is 14.8 Å². The van der Waals surface area contributed by atoms with Gasteiger partial charge in [0, 0.05) is 29.9 Å². The molecule has 7 nitrogen and oxygen atoms in total. The van der Waals surface area contributed by atoms with Gasteiger partial charge in [-0.15, -0.1) is 0 Å². The van der Waals surface area contributed by atoms with Crippen LogP contribution in [0.4, 0.5) is 0 Å². The van der Waals surface area contributed by atoms with E-state index in [1.165, 1.54) is 5.56 Å². The van der Waals surface area contributed by atoms with Gasteiger partial charge in [0.1, 0.15) is 17.2 Å². The van der Waals surface area contributed by atoms with Crippen LogP contribution in [0.2, 0.25) is 0 Å². The fourth-order valence-corrected chi connectivity index (χ4v) is 4.74. The summed E-state index contributed by atoms with van der Waals surface area (Å²) in [5.41, 5.74) is 5.83. The number of ether oxygens (including phenoxy) is 3. The molecular formula is C31H34N2O5. The van der Waals surface area contributed by atoms with E-state index < -0.39 is 0 Å². The summed E-state index contributed by atoms with van der Waals surface area (Å²) < 4.78 is 16.0. The van der Waals surface area contributed by atoms with Crippen LogP contribution >= 0.6 is 0 Å². The van der Waals surface area contributed by atoms with Gasteiger partial charge < -0.3 is 19.5 Å². The molecule has 1 amide bonds. The third-order valence-electron chi connectivity index (χ3n) is 7.10. The van der Waals surface area contributed by atoms with E-state index in [9.17, 15) is 9.59 Å². The maximum Gasteiger partial charge on any atom is 0.334 e. The number of fused-ring (bicyclic) bond motifs is 1.